The van der Waals surface area contributed by atoms with Gasteiger partial charge in [-0.1, -0.05) is 27.2 Å². The molecule has 0 saturated carbocycles. The van der Waals surface area contributed by atoms with E-state index in [9.17, 15) is 0 Å². The Labute approximate surface area is 97.1 Å². The summed E-state index contributed by atoms with van der Waals surface area (Å²) in [6.07, 6.45) is 3.65. The van der Waals surface area contributed by atoms with Gasteiger partial charge in [0.25, 0.3) is 0 Å². The largest absolute Gasteiger partial charge is 0.315 e. The van der Waals surface area contributed by atoms with Gasteiger partial charge in [0.2, 0.25) is 0 Å². The Morgan fingerprint density at radius 2 is 2.13 bits per heavy atom. The topological polar surface area (TPSA) is 24.9 Å². The van der Waals surface area contributed by atoms with E-state index < -0.39 is 0 Å². The standard InChI is InChI=1S/C12H22N2S/c1-5-6-7-11-14-12(9(2)3)10(15-11)8-13-4/h9,13H,5-8H2,1-4H3. The van der Waals surface area contributed by atoms with Crippen LogP contribution in [0.15, 0.2) is 0 Å². The van der Waals surface area contributed by atoms with Crippen LogP contribution in [-0.4, -0.2) is 12.0 Å². The molecule has 0 amide bonds. The van der Waals surface area contributed by atoms with E-state index in [1.807, 2.05) is 18.4 Å². The van der Waals surface area contributed by atoms with Crippen molar-refractivity contribution < 1.29 is 0 Å². The molecule has 0 bridgehead atoms. The lowest BCUT2D eigenvalue weighted by Gasteiger charge is -2.03. The predicted octanol–water partition coefficient (Wildman–Crippen LogP) is 3.33. The second-order valence-electron chi connectivity index (χ2n) is 4.20. The number of unbranched alkanes of at least 4 members (excludes halogenated alkanes) is 1. The molecule has 1 N–H and O–H groups in total. The van der Waals surface area contributed by atoms with Crippen molar-refractivity contribution in [1.82, 2.24) is 10.3 Å². The molecule has 2 nitrogen and oxygen atoms in total. The number of hydrogen-bond acceptors (Lipinski definition) is 3. The molecule has 0 spiro atoms. The molecule has 0 aliphatic carbocycles. The lowest BCUT2D eigenvalue weighted by atomic mass is 10.1. The van der Waals surface area contributed by atoms with Crippen molar-refractivity contribution in [3.8, 4) is 0 Å². The van der Waals surface area contributed by atoms with E-state index in [1.54, 1.807) is 0 Å². The Hall–Kier alpha value is -0.410. The molecule has 0 unspecified atom stereocenters. The van der Waals surface area contributed by atoms with Crippen molar-refractivity contribution in [2.75, 3.05) is 7.05 Å². The molecule has 0 fully saturated rings. The van der Waals surface area contributed by atoms with Gasteiger partial charge in [0, 0.05) is 11.4 Å². The zero-order valence-electron chi connectivity index (χ0n) is 10.3. The Balaban J connectivity index is 2.78. The summed E-state index contributed by atoms with van der Waals surface area (Å²) >= 11 is 1.88. The summed E-state index contributed by atoms with van der Waals surface area (Å²) in [5.41, 5.74) is 1.29. The number of hydrogen-bond donors (Lipinski definition) is 1. The average Bonchev–Trinajstić information content (AvgIpc) is 2.59. The van der Waals surface area contributed by atoms with Crippen molar-refractivity contribution in [3.63, 3.8) is 0 Å². The SMILES string of the molecule is CCCCc1nc(C(C)C)c(CNC)s1. The second-order valence-corrected chi connectivity index (χ2v) is 5.37. The highest BCUT2D eigenvalue weighted by Crippen LogP contribution is 2.25. The van der Waals surface area contributed by atoms with Crippen LogP contribution in [0.4, 0.5) is 0 Å². The fraction of sp³-hybridized carbons (Fsp3) is 0.750. The van der Waals surface area contributed by atoms with Crippen molar-refractivity contribution in [1.29, 1.82) is 0 Å². The second kappa shape index (κ2) is 6.23. The Kier molecular flexibility index (Phi) is 5.26. The Morgan fingerprint density at radius 1 is 1.40 bits per heavy atom. The molecule has 1 heterocycles. The van der Waals surface area contributed by atoms with Crippen LogP contribution in [0.25, 0.3) is 0 Å². The first-order valence-electron chi connectivity index (χ1n) is 5.82. The number of rotatable bonds is 6. The fourth-order valence-electron chi connectivity index (χ4n) is 1.59. The fourth-order valence-corrected chi connectivity index (χ4v) is 2.86. The predicted molar refractivity (Wildman–Crippen MR) is 67.6 cm³/mol. The number of nitrogens with one attached hydrogen (secondary N) is 1. The molecular weight excluding hydrogens is 204 g/mol. The van der Waals surface area contributed by atoms with Crippen molar-refractivity contribution in [3.05, 3.63) is 15.6 Å². The molecule has 1 aromatic rings. The summed E-state index contributed by atoms with van der Waals surface area (Å²) in [7, 11) is 2.00. The van der Waals surface area contributed by atoms with Gasteiger partial charge < -0.3 is 5.32 Å². The zero-order valence-corrected chi connectivity index (χ0v) is 11.1. The number of aromatic nitrogens is 1. The molecule has 15 heavy (non-hydrogen) atoms. The third kappa shape index (κ3) is 3.58. The van der Waals surface area contributed by atoms with Gasteiger partial charge in [0.1, 0.15) is 0 Å². The van der Waals surface area contributed by atoms with E-state index in [1.165, 1.54) is 28.4 Å². The van der Waals surface area contributed by atoms with Crippen molar-refractivity contribution >= 4 is 11.3 Å². The average molecular weight is 226 g/mol. The molecule has 0 aliphatic rings. The maximum atomic E-state index is 4.74. The van der Waals surface area contributed by atoms with Gasteiger partial charge in [-0.2, -0.15) is 0 Å². The highest BCUT2D eigenvalue weighted by molar-refractivity contribution is 7.11. The molecule has 0 aromatic carbocycles. The third-order valence-corrected chi connectivity index (χ3v) is 3.53. The summed E-state index contributed by atoms with van der Waals surface area (Å²) in [5, 5.41) is 4.53. The van der Waals surface area contributed by atoms with Gasteiger partial charge in [-0.25, -0.2) is 4.98 Å². The van der Waals surface area contributed by atoms with Crippen LogP contribution in [-0.2, 0) is 13.0 Å². The normalized spacial score (nSPS) is 11.3. The van der Waals surface area contributed by atoms with Gasteiger partial charge in [-0.3, -0.25) is 0 Å². The van der Waals surface area contributed by atoms with Gasteiger partial charge in [-0.05, 0) is 25.8 Å². The van der Waals surface area contributed by atoms with Crippen molar-refractivity contribution in [2.45, 2.75) is 52.5 Å². The highest BCUT2D eigenvalue weighted by Gasteiger charge is 2.12. The van der Waals surface area contributed by atoms with E-state index in [0.717, 1.165) is 13.0 Å². The molecule has 1 aromatic heterocycles. The summed E-state index contributed by atoms with van der Waals surface area (Å²) in [5.74, 6) is 0.542. The number of nitrogens with zero attached hydrogens (tertiary/aromatic N) is 1. The minimum absolute atomic E-state index is 0.542. The summed E-state index contributed by atoms with van der Waals surface area (Å²) in [4.78, 5) is 6.16. The quantitative estimate of drug-likeness (QED) is 0.805. The molecule has 0 saturated heterocycles. The zero-order chi connectivity index (χ0) is 11.3. The molecule has 1 rings (SSSR count). The summed E-state index contributed by atoms with van der Waals surface area (Å²) < 4.78 is 0. The highest BCUT2D eigenvalue weighted by atomic mass is 32.1. The monoisotopic (exact) mass is 226 g/mol. The van der Waals surface area contributed by atoms with Gasteiger partial charge in [0.15, 0.2) is 0 Å². The minimum atomic E-state index is 0.542. The van der Waals surface area contributed by atoms with Crippen LogP contribution in [0.5, 0.6) is 0 Å². The number of thiazole rings is 1. The first-order valence-corrected chi connectivity index (χ1v) is 6.63. The van der Waals surface area contributed by atoms with Crippen LogP contribution >= 0.6 is 11.3 Å². The molecular formula is C12H22N2S. The van der Waals surface area contributed by atoms with E-state index in [-0.39, 0.29) is 0 Å². The van der Waals surface area contributed by atoms with E-state index in [4.69, 9.17) is 4.98 Å². The van der Waals surface area contributed by atoms with Crippen LogP contribution < -0.4 is 5.32 Å². The lowest BCUT2D eigenvalue weighted by Crippen LogP contribution is -2.06. The maximum Gasteiger partial charge on any atom is 0.0931 e. The van der Waals surface area contributed by atoms with Crippen LogP contribution in [0.2, 0.25) is 0 Å². The van der Waals surface area contributed by atoms with Crippen molar-refractivity contribution in [2.24, 2.45) is 0 Å². The summed E-state index contributed by atoms with van der Waals surface area (Å²) in [6, 6.07) is 0. The van der Waals surface area contributed by atoms with Gasteiger partial charge in [0.05, 0.1) is 10.7 Å². The molecule has 0 atom stereocenters. The molecule has 3 heteroatoms. The maximum absolute atomic E-state index is 4.74. The molecule has 0 radical (unpaired) electrons. The first-order chi connectivity index (χ1) is 7.19. The van der Waals surface area contributed by atoms with Gasteiger partial charge >= 0.3 is 0 Å². The van der Waals surface area contributed by atoms with E-state index in [2.05, 4.69) is 26.1 Å². The Morgan fingerprint density at radius 3 is 2.67 bits per heavy atom. The smallest absolute Gasteiger partial charge is 0.0931 e. The van der Waals surface area contributed by atoms with Crippen LogP contribution in [0, 0.1) is 0 Å². The minimum Gasteiger partial charge on any atom is -0.315 e. The van der Waals surface area contributed by atoms with E-state index in [0.29, 0.717) is 5.92 Å². The van der Waals surface area contributed by atoms with Crippen LogP contribution in [0.1, 0.15) is 55.1 Å². The van der Waals surface area contributed by atoms with E-state index >= 15 is 0 Å². The first kappa shape index (κ1) is 12.7. The third-order valence-electron chi connectivity index (χ3n) is 2.40. The lowest BCUT2D eigenvalue weighted by molar-refractivity contribution is 0.753. The summed E-state index contributed by atoms with van der Waals surface area (Å²) in [6.45, 7) is 7.62. The molecule has 0 aliphatic heterocycles. The molecule has 86 valence electrons. The van der Waals surface area contributed by atoms with Crippen LogP contribution in [0.3, 0.4) is 0 Å². The Bertz CT molecular complexity index is 292. The number of aryl methyl sites for hydroxylation is 1. The van der Waals surface area contributed by atoms with Gasteiger partial charge in [-0.15, -0.1) is 11.3 Å².